The fourth-order valence-electron chi connectivity index (χ4n) is 2.22. The number of nitrogens with one attached hydrogen (secondary N) is 1. The molecule has 2 aromatic carbocycles. The van der Waals surface area contributed by atoms with Gasteiger partial charge >= 0.3 is 0 Å². The van der Waals surface area contributed by atoms with E-state index in [1.807, 2.05) is 6.92 Å². The summed E-state index contributed by atoms with van der Waals surface area (Å²) in [5.41, 5.74) is 2.41. The highest BCUT2D eigenvalue weighted by Crippen LogP contribution is 2.28. The van der Waals surface area contributed by atoms with Gasteiger partial charge in [-0.3, -0.25) is 4.79 Å². The van der Waals surface area contributed by atoms with Crippen molar-refractivity contribution < 1.29 is 4.79 Å². The van der Waals surface area contributed by atoms with Crippen molar-refractivity contribution in [2.24, 2.45) is 0 Å². The van der Waals surface area contributed by atoms with Crippen molar-refractivity contribution in [3.05, 3.63) is 59.7 Å². The van der Waals surface area contributed by atoms with Crippen LogP contribution in [0.15, 0.2) is 53.4 Å². The first kappa shape index (κ1) is 18.1. The minimum atomic E-state index is -0.253. The quantitative estimate of drug-likeness (QED) is 0.800. The van der Waals surface area contributed by atoms with Crippen LogP contribution in [0.4, 0.5) is 5.69 Å². The van der Waals surface area contributed by atoms with Gasteiger partial charge in [-0.05, 0) is 42.2 Å². The summed E-state index contributed by atoms with van der Waals surface area (Å²) in [6, 6.07) is 17.4. The number of carbonyl (C=O) groups is 1. The first-order valence-electron chi connectivity index (χ1n) is 7.88. The molecule has 2 rings (SSSR count). The molecular formula is C20H22N2OS. The number of benzene rings is 2. The highest BCUT2D eigenvalue weighted by Gasteiger charge is 2.17. The highest BCUT2D eigenvalue weighted by molar-refractivity contribution is 8.00. The molecule has 0 spiro atoms. The lowest BCUT2D eigenvalue weighted by Gasteiger charge is -2.19. The fraction of sp³-hybridized carbons (Fsp3) is 0.300. The van der Waals surface area contributed by atoms with Gasteiger partial charge in [0, 0.05) is 4.90 Å². The largest absolute Gasteiger partial charge is 0.324 e. The second-order valence-electron chi connectivity index (χ2n) is 6.68. The number of hydrogen-bond donors (Lipinski definition) is 1. The third kappa shape index (κ3) is 4.62. The van der Waals surface area contributed by atoms with Crippen LogP contribution in [0.1, 0.15) is 38.8 Å². The maximum Gasteiger partial charge on any atom is 0.237 e. The molecule has 1 N–H and O–H groups in total. The summed E-state index contributed by atoms with van der Waals surface area (Å²) in [7, 11) is 0. The molecule has 0 heterocycles. The van der Waals surface area contributed by atoms with Crippen LogP contribution in [0.25, 0.3) is 0 Å². The molecular weight excluding hydrogens is 316 g/mol. The molecule has 1 atom stereocenters. The Morgan fingerprint density at radius 1 is 1.12 bits per heavy atom. The van der Waals surface area contributed by atoms with E-state index in [-0.39, 0.29) is 16.6 Å². The van der Waals surface area contributed by atoms with Gasteiger partial charge in [0.1, 0.15) is 6.07 Å². The van der Waals surface area contributed by atoms with E-state index in [9.17, 15) is 4.79 Å². The van der Waals surface area contributed by atoms with Crippen molar-refractivity contribution >= 4 is 23.4 Å². The molecule has 0 fully saturated rings. The van der Waals surface area contributed by atoms with E-state index < -0.39 is 0 Å². The summed E-state index contributed by atoms with van der Waals surface area (Å²) < 4.78 is 0. The monoisotopic (exact) mass is 338 g/mol. The molecule has 4 heteroatoms. The Kier molecular flexibility index (Phi) is 5.69. The molecule has 0 radical (unpaired) electrons. The molecule has 124 valence electrons. The van der Waals surface area contributed by atoms with Gasteiger partial charge in [-0.15, -0.1) is 11.8 Å². The molecule has 0 aliphatic carbocycles. The molecule has 3 nitrogen and oxygen atoms in total. The van der Waals surface area contributed by atoms with Crippen LogP contribution in [0.3, 0.4) is 0 Å². The number of para-hydroxylation sites is 1. The van der Waals surface area contributed by atoms with Crippen LogP contribution in [0.5, 0.6) is 0 Å². The van der Waals surface area contributed by atoms with Crippen molar-refractivity contribution in [1.82, 2.24) is 0 Å². The van der Waals surface area contributed by atoms with E-state index >= 15 is 0 Å². The number of rotatable bonds is 4. The van der Waals surface area contributed by atoms with Crippen LogP contribution in [0, 0.1) is 11.3 Å². The van der Waals surface area contributed by atoms with E-state index in [0.29, 0.717) is 11.3 Å². The molecule has 0 aliphatic rings. The summed E-state index contributed by atoms with van der Waals surface area (Å²) in [6.07, 6.45) is 0. The van der Waals surface area contributed by atoms with Gasteiger partial charge in [-0.2, -0.15) is 5.26 Å². The third-order valence-electron chi connectivity index (χ3n) is 3.71. The molecule has 0 bridgehead atoms. The highest BCUT2D eigenvalue weighted by atomic mass is 32.2. The van der Waals surface area contributed by atoms with Crippen molar-refractivity contribution in [2.75, 3.05) is 5.32 Å². The van der Waals surface area contributed by atoms with E-state index in [4.69, 9.17) is 5.26 Å². The lowest BCUT2D eigenvalue weighted by Crippen LogP contribution is -2.22. The van der Waals surface area contributed by atoms with Crippen LogP contribution in [-0.4, -0.2) is 11.2 Å². The minimum Gasteiger partial charge on any atom is -0.324 e. The fourth-order valence-corrected chi connectivity index (χ4v) is 3.08. The van der Waals surface area contributed by atoms with Crippen molar-refractivity contribution in [3.8, 4) is 6.07 Å². The van der Waals surface area contributed by atoms with Gasteiger partial charge in [0.25, 0.3) is 0 Å². The zero-order chi connectivity index (χ0) is 17.7. The van der Waals surface area contributed by atoms with Crippen LogP contribution in [0.2, 0.25) is 0 Å². The zero-order valence-corrected chi connectivity index (χ0v) is 15.3. The zero-order valence-electron chi connectivity index (χ0n) is 14.5. The Morgan fingerprint density at radius 3 is 2.33 bits per heavy atom. The Morgan fingerprint density at radius 2 is 1.75 bits per heavy atom. The molecule has 0 aliphatic heterocycles. The number of nitrogens with zero attached hydrogens (tertiary/aromatic N) is 1. The maximum absolute atomic E-state index is 12.4. The van der Waals surface area contributed by atoms with E-state index in [2.05, 4.69) is 56.4 Å². The summed E-state index contributed by atoms with van der Waals surface area (Å²) in [5.74, 6) is -0.109. The number of carbonyl (C=O) groups excluding carboxylic acids is 1. The Balaban J connectivity index is 2.03. The van der Waals surface area contributed by atoms with Crippen molar-refractivity contribution in [2.45, 2.75) is 43.3 Å². The summed E-state index contributed by atoms with van der Waals surface area (Å²) in [4.78, 5) is 13.4. The summed E-state index contributed by atoms with van der Waals surface area (Å²) >= 11 is 1.51. The van der Waals surface area contributed by atoms with Gasteiger partial charge in [0.15, 0.2) is 0 Å². The van der Waals surface area contributed by atoms with Gasteiger partial charge < -0.3 is 5.32 Å². The van der Waals surface area contributed by atoms with Gasteiger partial charge in [0.05, 0.1) is 16.5 Å². The van der Waals surface area contributed by atoms with E-state index in [1.54, 1.807) is 24.3 Å². The predicted octanol–water partition coefficient (Wildman–Crippen LogP) is 4.98. The van der Waals surface area contributed by atoms with Crippen LogP contribution in [-0.2, 0) is 10.2 Å². The maximum atomic E-state index is 12.4. The predicted molar refractivity (Wildman–Crippen MR) is 100 cm³/mol. The topological polar surface area (TPSA) is 52.9 Å². The Bertz CT molecular complexity index is 754. The molecule has 1 amide bonds. The first-order chi connectivity index (χ1) is 11.3. The number of anilines is 1. The Labute approximate surface area is 148 Å². The number of thioether (sulfide) groups is 1. The molecule has 2 aromatic rings. The second-order valence-corrected chi connectivity index (χ2v) is 8.10. The number of nitriles is 1. The van der Waals surface area contributed by atoms with Gasteiger partial charge in [-0.1, -0.05) is 45.0 Å². The smallest absolute Gasteiger partial charge is 0.237 e. The number of hydrogen-bond acceptors (Lipinski definition) is 3. The molecule has 24 heavy (non-hydrogen) atoms. The van der Waals surface area contributed by atoms with Crippen LogP contribution < -0.4 is 5.32 Å². The van der Waals surface area contributed by atoms with Crippen LogP contribution >= 0.6 is 11.8 Å². The number of amides is 1. The van der Waals surface area contributed by atoms with Crippen molar-refractivity contribution in [3.63, 3.8) is 0 Å². The second kappa shape index (κ2) is 7.55. The average Bonchev–Trinajstić information content (AvgIpc) is 2.55. The SMILES string of the molecule is C[C@@H](Sc1ccc(C(C)(C)C)cc1)C(=O)Nc1ccccc1C#N. The Hall–Kier alpha value is -2.25. The normalized spacial score (nSPS) is 12.3. The van der Waals surface area contributed by atoms with E-state index in [1.165, 1.54) is 17.3 Å². The lowest BCUT2D eigenvalue weighted by atomic mass is 9.87. The lowest BCUT2D eigenvalue weighted by molar-refractivity contribution is -0.115. The average molecular weight is 338 g/mol. The molecule has 0 aromatic heterocycles. The molecule has 0 saturated heterocycles. The third-order valence-corrected chi connectivity index (χ3v) is 4.82. The standard InChI is InChI=1S/C20H22N2OS/c1-14(19(23)22-18-8-6-5-7-15(18)13-21)24-17-11-9-16(10-12-17)20(2,3)4/h5-12,14H,1-4H3,(H,22,23)/t14-/m1/s1. The van der Waals surface area contributed by atoms with E-state index in [0.717, 1.165) is 4.90 Å². The first-order valence-corrected chi connectivity index (χ1v) is 8.76. The van der Waals surface area contributed by atoms with Crippen molar-refractivity contribution in [1.29, 1.82) is 5.26 Å². The molecule has 0 unspecified atom stereocenters. The summed E-state index contributed by atoms with van der Waals surface area (Å²) in [5, 5.41) is 11.7. The minimum absolute atomic E-state index is 0.109. The molecule has 0 saturated carbocycles. The van der Waals surface area contributed by atoms with Gasteiger partial charge in [0.2, 0.25) is 5.91 Å². The van der Waals surface area contributed by atoms with Gasteiger partial charge in [-0.25, -0.2) is 0 Å². The summed E-state index contributed by atoms with van der Waals surface area (Å²) in [6.45, 7) is 8.40.